The molecule has 1 heterocycles. The minimum absolute atomic E-state index is 0.0206. The number of aliphatic carboxylic acids is 1. The first-order valence-electron chi connectivity index (χ1n) is 6.00. The summed E-state index contributed by atoms with van der Waals surface area (Å²) < 4.78 is 45.1. The smallest absolute Gasteiger partial charge is 0.411 e. The zero-order valence-corrected chi connectivity index (χ0v) is 10.9. The van der Waals surface area contributed by atoms with E-state index in [1.165, 1.54) is 4.90 Å². The van der Waals surface area contributed by atoms with Crippen molar-refractivity contribution in [2.24, 2.45) is 5.92 Å². The predicted octanol–water partition coefficient (Wildman–Crippen LogP) is 0.513. The van der Waals surface area contributed by atoms with Crippen LogP contribution >= 0.6 is 0 Å². The van der Waals surface area contributed by atoms with Gasteiger partial charge in [-0.25, -0.2) is 0 Å². The van der Waals surface area contributed by atoms with Gasteiger partial charge in [-0.15, -0.1) is 0 Å². The largest absolute Gasteiger partial charge is 0.481 e. The summed E-state index contributed by atoms with van der Waals surface area (Å²) in [6.45, 7) is -0.441. The van der Waals surface area contributed by atoms with Gasteiger partial charge in [0.2, 0.25) is 5.91 Å². The normalized spacial score (nSPS) is 22.8. The zero-order valence-electron chi connectivity index (χ0n) is 10.9. The number of ether oxygens (including phenoxy) is 2. The number of carbonyl (C=O) groups excluding carboxylic acids is 1. The molecule has 0 radical (unpaired) electrons. The molecule has 0 saturated carbocycles. The molecule has 0 aromatic rings. The molecule has 2 atom stereocenters. The van der Waals surface area contributed by atoms with Gasteiger partial charge in [-0.1, -0.05) is 0 Å². The molecule has 1 N–H and O–H groups in total. The second-order valence-electron chi connectivity index (χ2n) is 4.34. The lowest BCUT2D eigenvalue weighted by molar-refractivity contribution is -0.178. The standard InChI is InChI=1S/C11H16F3NO5/c1-2-15(8-4-19-3-7(8)10(17)18)9(16)5-20-6-11(12,13)14/h7-8H,2-6H2,1H3,(H,17,18). The highest BCUT2D eigenvalue weighted by Gasteiger charge is 2.39. The zero-order chi connectivity index (χ0) is 15.3. The average molecular weight is 299 g/mol. The number of hydrogen-bond acceptors (Lipinski definition) is 4. The maximum absolute atomic E-state index is 11.9. The fraction of sp³-hybridized carbons (Fsp3) is 0.818. The second kappa shape index (κ2) is 6.89. The fourth-order valence-electron chi connectivity index (χ4n) is 2.02. The summed E-state index contributed by atoms with van der Waals surface area (Å²) in [4.78, 5) is 24.0. The Balaban J connectivity index is 2.56. The Labute approximate surface area is 113 Å². The second-order valence-corrected chi connectivity index (χ2v) is 4.34. The number of alkyl halides is 3. The highest BCUT2D eigenvalue weighted by atomic mass is 19.4. The van der Waals surface area contributed by atoms with Crippen molar-refractivity contribution in [3.63, 3.8) is 0 Å². The SMILES string of the molecule is CCN(C(=O)COCC(F)(F)F)C1COCC1C(=O)O. The molecule has 1 aliphatic rings. The number of amides is 1. The van der Waals surface area contributed by atoms with Crippen molar-refractivity contribution < 1.29 is 37.3 Å². The van der Waals surface area contributed by atoms with Gasteiger partial charge in [-0.3, -0.25) is 9.59 Å². The van der Waals surface area contributed by atoms with E-state index in [2.05, 4.69) is 4.74 Å². The Hall–Kier alpha value is -1.35. The third kappa shape index (κ3) is 4.64. The Bertz CT molecular complexity index is 360. The molecular formula is C11H16F3NO5. The number of nitrogens with zero attached hydrogens (tertiary/aromatic N) is 1. The number of hydrogen-bond donors (Lipinski definition) is 1. The molecule has 1 amide bonds. The van der Waals surface area contributed by atoms with E-state index in [-0.39, 0.29) is 19.8 Å². The Morgan fingerprint density at radius 3 is 2.55 bits per heavy atom. The molecule has 0 bridgehead atoms. The minimum atomic E-state index is -4.50. The molecule has 20 heavy (non-hydrogen) atoms. The first kappa shape index (κ1) is 16.7. The lowest BCUT2D eigenvalue weighted by atomic mass is 10.0. The van der Waals surface area contributed by atoms with Crippen molar-refractivity contribution in [1.29, 1.82) is 0 Å². The van der Waals surface area contributed by atoms with Gasteiger partial charge in [-0.2, -0.15) is 13.2 Å². The van der Waals surface area contributed by atoms with Gasteiger partial charge in [0.25, 0.3) is 0 Å². The van der Waals surface area contributed by atoms with Gasteiger partial charge in [0.05, 0.1) is 19.3 Å². The molecule has 2 unspecified atom stereocenters. The van der Waals surface area contributed by atoms with Crippen LogP contribution in [0, 0.1) is 5.92 Å². The summed E-state index contributed by atoms with van der Waals surface area (Å²) in [5.74, 6) is -2.66. The van der Waals surface area contributed by atoms with Crippen LogP contribution in [0.25, 0.3) is 0 Å². The van der Waals surface area contributed by atoms with Crippen LogP contribution in [-0.4, -0.2) is 67.1 Å². The van der Waals surface area contributed by atoms with E-state index in [0.29, 0.717) is 0 Å². The number of carboxylic acids is 1. The third-order valence-corrected chi connectivity index (χ3v) is 2.92. The van der Waals surface area contributed by atoms with Gasteiger partial charge in [0, 0.05) is 6.54 Å². The van der Waals surface area contributed by atoms with Crippen LogP contribution in [0.2, 0.25) is 0 Å². The van der Waals surface area contributed by atoms with Crippen molar-refractivity contribution >= 4 is 11.9 Å². The molecule has 0 aromatic carbocycles. The lowest BCUT2D eigenvalue weighted by Gasteiger charge is -2.29. The molecule has 1 saturated heterocycles. The Morgan fingerprint density at radius 2 is 2.05 bits per heavy atom. The van der Waals surface area contributed by atoms with Crippen molar-refractivity contribution in [2.75, 3.05) is 33.0 Å². The lowest BCUT2D eigenvalue weighted by Crippen LogP contribution is -2.48. The number of rotatable bonds is 6. The summed E-state index contributed by atoms with van der Waals surface area (Å²) in [7, 11) is 0. The summed E-state index contributed by atoms with van der Waals surface area (Å²) in [6.07, 6.45) is -4.50. The van der Waals surface area contributed by atoms with E-state index in [1.54, 1.807) is 6.92 Å². The monoisotopic (exact) mass is 299 g/mol. The van der Waals surface area contributed by atoms with Gasteiger partial charge in [0.15, 0.2) is 0 Å². The van der Waals surface area contributed by atoms with Crippen LogP contribution in [-0.2, 0) is 19.1 Å². The molecule has 0 aromatic heterocycles. The first-order valence-corrected chi connectivity index (χ1v) is 6.00. The van der Waals surface area contributed by atoms with E-state index in [0.717, 1.165) is 0 Å². The molecule has 9 heteroatoms. The highest BCUT2D eigenvalue weighted by molar-refractivity contribution is 5.79. The Morgan fingerprint density at radius 1 is 1.40 bits per heavy atom. The van der Waals surface area contributed by atoms with Crippen LogP contribution in [0.4, 0.5) is 13.2 Å². The molecule has 1 aliphatic heterocycles. The topological polar surface area (TPSA) is 76.1 Å². The molecule has 1 fully saturated rings. The summed E-state index contributed by atoms with van der Waals surface area (Å²) >= 11 is 0. The Kier molecular flexibility index (Phi) is 5.75. The number of likely N-dealkylation sites (N-methyl/N-ethyl adjacent to an activating group) is 1. The maximum Gasteiger partial charge on any atom is 0.411 e. The average Bonchev–Trinajstić information content (AvgIpc) is 2.77. The van der Waals surface area contributed by atoms with Gasteiger partial charge >= 0.3 is 12.1 Å². The van der Waals surface area contributed by atoms with Crippen molar-refractivity contribution in [2.45, 2.75) is 19.1 Å². The maximum atomic E-state index is 11.9. The van der Waals surface area contributed by atoms with Crippen molar-refractivity contribution in [3.8, 4) is 0 Å². The predicted molar refractivity (Wildman–Crippen MR) is 60.0 cm³/mol. The van der Waals surface area contributed by atoms with Crippen LogP contribution in [0.15, 0.2) is 0 Å². The van der Waals surface area contributed by atoms with Gasteiger partial charge < -0.3 is 19.5 Å². The van der Waals surface area contributed by atoms with E-state index in [9.17, 15) is 22.8 Å². The first-order chi connectivity index (χ1) is 9.26. The molecule has 0 spiro atoms. The quantitative estimate of drug-likeness (QED) is 0.773. The number of carbonyl (C=O) groups is 2. The van der Waals surface area contributed by atoms with Crippen molar-refractivity contribution in [1.82, 2.24) is 4.90 Å². The minimum Gasteiger partial charge on any atom is -0.481 e. The highest BCUT2D eigenvalue weighted by Crippen LogP contribution is 2.20. The van der Waals surface area contributed by atoms with E-state index < -0.39 is 43.2 Å². The van der Waals surface area contributed by atoms with Crippen LogP contribution < -0.4 is 0 Å². The third-order valence-electron chi connectivity index (χ3n) is 2.92. The van der Waals surface area contributed by atoms with Crippen LogP contribution in [0.1, 0.15) is 6.92 Å². The van der Waals surface area contributed by atoms with E-state index in [4.69, 9.17) is 9.84 Å². The van der Waals surface area contributed by atoms with Gasteiger partial charge in [-0.05, 0) is 6.92 Å². The molecule has 1 rings (SSSR count). The number of carboxylic acid groups (broad SMARTS) is 1. The molecule has 6 nitrogen and oxygen atoms in total. The van der Waals surface area contributed by atoms with Crippen molar-refractivity contribution in [3.05, 3.63) is 0 Å². The van der Waals surface area contributed by atoms with E-state index in [1.807, 2.05) is 0 Å². The molecule has 0 aliphatic carbocycles. The summed E-state index contributed by atoms with van der Waals surface area (Å²) in [6, 6.07) is -0.681. The fourth-order valence-corrected chi connectivity index (χ4v) is 2.02. The summed E-state index contributed by atoms with van der Waals surface area (Å²) in [5.41, 5.74) is 0. The van der Waals surface area contributed by atoms with Crippen LogP contribution in [0.3, 0.4) is 0 Å². The van der Waals surface area contributed by atoms with Crippen LogP contribution in [0.5, 0.6) is 0 Å². The van der Waals surface area contributed by atoms with Gasteiger partial charge in [0.1, 0.15) is 19.1 Å². The van der Waals surface area contributed by atoms with E-state index >= 15 is 0 Å². The molecular weight excluding hydrogens is 283 g/mol. The summed E-state index contributed by atoms with van der Waals surface area (Å²) in [5, 5.41) is 8.99. The number of halogens is 3. The molecule has 116 valence electrons.